The van der Waals surface area contributed by atoms with Crippen LogP contribution in [-0.2, 0) is 22.7 Å². The molecule has 1 aliphatic rings. The number of rotatable bonds is 6. The summed E-state index contributed by atoms with van der Waals surface area (Å²) >= 11 is 0. The Morgan fingerprint density at radius 1 is 0.857 bits per heavy atom. The highest BCUT2D eigenvalue weighted by Gasteiger charge is 2.27. The van der Waals surface area contributed by atoms with Gasteiger partial charge >= 0.3 is 0 Å². The largest absolute Gasteiger partial charge is 0.489 e. The van der Waals surface area contributed by atoms with E-state index in [0.29, 0.717) is 19.7 Å². The highest BCUT2D eigenvalue weighted by molar-refractivity contribution is 5.78. The average molecular weight is 373 g/mol. The van der Waals surface area contributed by atoms with E-state index < -0.39 is 0 Å². The van der Waals surface area contributed by atoms with Crippen molar-refractivity contribution in [3.8, 4) is 5.75 Å². The minimum Gasteiger partial charge on any atom is -0.489 e. The summed E-state index contributed by atoms with van der Waals surface area (Å²) in [5.74, 6) is 0.851. The third kappa shape index (κ3) is 4.59. The predicted molar refractivity (Wildman–Crippen MR) is 108 cm³/mol. The monoisotopic (exact) mass is 373 g/mol. The highest BCUT2D eigenvalue weighted by atomic mass is 16.5. The lowest BCUT2D eigenvalue weighted by molar-refractivity contribution is -0.150. The van der Waals surface area contributed by atoms with E-state index in [9.17, 15) is 4.79 Å². The van der Waals surface area contributed by atoms with Gasteiger partial charge in [-0.2, -0.15) is 0 Å². The van der Waals surface area contributed by atoms with Crippen LogP contribution in [0.1, 0.15) is 22.8 Å². The Hall–Kier alpha value is -3.11. The van der Waals surface area contributed by atoms with Crippen LogP contribution in [0, 0.1) is 0 Å². The number of carbonyl (C=O) groups excluding carboxylic acids is 1. The van der Waals surface area contributed by atoms with Gasteiger partial charge in [-0.3, -0.25) is 4.79 Å². The molecule has 0 unspecified atom stereocenters. The van der Waals surface area contributed by atoms with E-state index in [-0.39, 0.29) is 18.6 Å². The molecule has 1 heterocycles. The second-order valence-electron chi connectivity index (χ2n) is 6.90. The fourth-order valence-corrected chi connectivity index (χ4v) is 3.30. The Morgan fingerprint density at radius 3 is 2.18 bits per heavy atom. The lowest BCUT2D eigenvalue weighted by atomic mass is 10.1. The topological polar surface area (TPSA) is 38.8 Å². The van der Waals surface area contributed by atoms with Crippen molar-refractivity contribution in [1.29, 1.82) is 0 Å². The molecule has 0 aliphatic carbocycles. The molecule has 1 fully saturated rings. The highest BCUT2D eigenvalue weighted by Crippen LogP contribution is 2.26. The molecule has 0 saturated carbocycles. The van der Waals surface area contributed by atoms with Gasteiger partial charge in [0.05, 0.1) is 6.54 Å². The molecule has 0 aromatic heterocycles. The van der Waals surface area contributed by atoms with Crippen molar-refractivity contribution in [1.82, 2.24) is 4.90 Å². The maximum atomic E-state index is 12.2. The van der Waals surface area contributed by atoms with Crippen molar-refractivity contribution in [2.75, 3.05) is 13.2 Å². The smallest absolute Gasteiger partial charge is 0.249 e. The zero-order valence-corrected chi connectivity index (χ0v) is 15.7. The van der Waals surface area contributed by atoms with Crippen LogP contribution in [0.2, 0.25) is 0 Å². The van der Waals surface area contributed by atoms with Gasteiger partial charge in [-0.1, -0.05) is 72.8 Å². The zero-order valence-electron chi connectivity index (χ0n) is 15.7. The van der Waals surface area contributed by atoms with Crippen molar-refractivity contribution in [3.05, 3.63) is 102 Å². The van der Waals surface area contributed by atoms with Gasteiger partial charge in [0.15, 0.2) is 0 Å². The number of ether oxygens (including phenoxy) is 2. The van der Waals surface area contributed by atoms with Gasteiger partial charge in [-0.15, -0.1) is 0 Å². The summed E-state index contributed by atoms with van der Waals surface area (Å²) in [5.41, 5.74) is 3.32. The maximum Gasteiger partial charge on any atom is 0.249 e. The van der Waals surface area contributed by atoms with Crippen LogP contribution < -0.4 is 4.74 Å². The molecule has 1 aliphatic heterocycles. The van der Waals surface area contributed by atoms with E-state index in [0.717, 1.165) is 22.4 Å². The molecule has 4 rings (SSSR count). The third-order valence-corrected chi connectivity index (χ3v) is 4.86. The number of hydrogen-bond donors (Lipinski definition) is 0. The fourth-order valence-electron chi connectivity index (χ4n) is 3.30. The molecule has 28 heavy (non-hydrogen) atoms. The quantitative estimate of drug-likeness (QED) is 0.644. The fraction of sp³-hybridized carbons (Fsp3) is 0.208. The molecule has 3 aromatic carbocycles. The molecule has 1 amide bonds. The van der Waals surface area contributed by atoms with Crippen molar-refractivity contribution < 1.29 is 14.3 Å². The SMILES string of the molecule is O=C1CO[C@H](c2ccc(OCc3ccccc3)cc2)CN1Cc1ccccc1. The van der Waals surface area contributed by atoms with Gasteiger partial charge < -0.3 is 14.4 Å². The molecule has 4 nitrogen and oxygen atoms in total. The molecule has 0 radical (unpaired) electrons. The van der Waals surface area contributed by atoms with Gasteiger partial charge in [0.25, 0.3) is 0 Å². The molecule has 3 aromatic rings. The standard InChI is InChI=1S/C24H23NO3/c26-24-18-28-23(16-25(24)15-19-7-3-1-4-8-19)21-11-13-22(14-12-21)27-17-20-9-5-2-6-10-20/h1-14,23H,15-18H2/t23-/m0/s1. The summed E-state index contributed by atoms with van der Waals surface area (Å²) in [4.78, 5) is 14.1. The molecule has 0 spiro atoms. The Kier molecular flexibility index (Phi) is 5.69. The summed E-state index contributed by atoms with van der Waals surface area (Å²) in [6.45, 7) is 1.82. The normalized spacial score (nSPS) is 16.8. The molecular formula is C24H23NO3. The van der Waals surface area contributed by atoms with E-state index in [2.05, 4.69) is 0 Å². The Bertz CT molecular complexity index is 894. The van der Waals surface area contributed by atoms with Crippen LogP contribution in [0.15, 0.2) is 84.9 Å². The first-order valence-corrected chi connectivity index (χ1v) is 9.48. The number of amides is 1. The number of hydrogen-bond acceptors (Lipinski definition) is 3. The summed E-state index contributed by atoms with van der Waals surface area (Å²) in [6, 6.07) is 28.1. The van der Waals surface area contributed by atoms with Gasteiger partial charge in [0, 0.05) is 6.54 Å². The molecule has 0 N–H and O–H groups in total. The third-order valence-electron chi connectivity index (χ3n) is 4.86. The van der Waals surface area contributed by atoms with Crippen molar-refractivity contribution in [2.45, 2.75) is 19.3 Å². The van der Waals surface area contributed by atoms with Crippen LogP contribution in [0.3, 0.4) is 0 Å². The van der Waals surface area contributed by atoms with E-state index in [4.69, 9.17) is 9.47 Å². The predicted octanol–water partition coefficient (Wildman–Crippen LogP) is 4.37. The molecule has 1 atom stereocenters. The lowest BCUT2D eigenvalue weighted by Gasteiger charge is -2.33. The molecule has 1 saturated heterocycles. The first-order valence-electron chi connectivity index (χ1n) is 9.48. The molecule has 4 heteroatoms. The minimum absolute atomic E-state index is 0.0305. The van der Waals surface area contributed by atoms with Gasteiger partial charge in [-0.05, 0) is 28.8 Å². The van der Waals surface area contributed by atoms with E-state index >= 15 is 0 Å². The van der Waals surface area contributed by atoms with E-state index in [1.807, 2.05) is 89.8 Å². The Labute approximate surface area is 165 Å². The second-order valence-corrected chi connectivity index (χ2v) is 6.90. The van der Waals surface area contributed by atoms with Crippen molar-refractivity contribution >= 4 is 5.91 Å². The first-order chi connectivity index (χ1) is 13.8. The van der Waals surface area contributed by atoms with Crippen molar-refractivity contribution in [3.63, 3.8) is 0 Å². The van der Waals surface area contributed by atoms with Crippen LogP contribution in [-0.4, -0.2) is 24.0 Å². The van der Waals surface area contributed by atoms with Gasteiger partial charge in [0.1, 0.15) is 25.1 Å². The Balaban J connectivity index is 1.37. The number of nitrogens with zero attached hydrogens (tertiary/aromatic N) is 1. The summed E-state index contributed by atoms with van der Waals surface area (Å²) in [6.07, 6.45) is -0.121. The van der Waals surface area contributed by atoms with E-state index in [1.54, 1.807) is 0 Å². The minimum atomic E-state index is -0.121. The van der Waals surface area contributed by atoms with Crippen LogP contribution in [0.25, 0.3) is 0 Å². The summed E-state index contributed by atoms with van der Waals surface area (Å²) < 4.78 is 11.6. The second kappa shape index (κ2) is 8.72. The first kappa shape index (κ1) is 18.3. The maximum absolute atomic E-state index is 12.2. The number of benzene rings is 3. The van der Waals surface area contributed by atoms with Crippen molar-refractivity contribution in [2.24, 2.45) is 0 Å². The lowest BCUT2D eigenvalue weighted by Crippen LogP contribution is -2.42. The Morgan fingerprint density at radius 2 is 1.50 bits per heavy atom. The zero-order chi connectivity index (χ0) is 19.2. The molecule has 142 valence electrons. The number of carbonyl (C=O) groups is 1. The van der Waals surface area contributed by atoms with Gasteiger partial charge in [0.2, 0.25) is 5.91 Å². The average Bonchev–Trinajstić information content (AvgIpc) is 2.76. The van der Waals surface area contributed by atoms with Crippen LogP contribution in [0.5, 0.6) is 5.75 Å². The summed E-state index contributed by atoms with van der Waals surface area (Å²) in [7, 11) is 0. The van der Waals surface area contributed by atoms with Crippen LogP contribution in [0.4, 0.5) is 0 Å². The molecular weight excluding hydrogens is 350 g/mol. The van der Waals surface area contributed by atoms with E-state index in [1.165, 1.54) is 0 Å². The van der Waals surface area contributed by atoms with Gasteiger partial charge in [-0.25, -0.2) is 0 Å². The molecule has 0 bridgehead atoms. The van der Waals surface area contributed by atoms with Crippen LogP contribution >= 0.6 is 0 Å². The summed E-state index contributed by atoms with van der Waals surface area (Å²) in [5, 5.41) is 0. The number of morpholine rings is 1.